The maximum Gasteiger partial charge on any atom is 0.226 e. The van der Waals surface area contributed by atoms with Gasteiger partial charge in [-0.05, 0) is 45.8 Å². The molecule has 0 aliphatic carbocycles. The lowest BCUT2D eigenvalue weighted by Gasteiger charge is -2.18. The Hall–Kier alpha value is -2.01. The number of para-hydroxylation sites is 2. The quantitative estimate of drug-likeness (QED) is 0.865. The zero-order valence-corrected chi connectivity index (χ0v) is 13.1. The lowest BCUT2D eigenvalue weighted by atomic mass is 10.0. The fourth-order valence-electron chi connectivity index (χ4n) is 2.44. The first-order valence-corrected chi connectivity index (χ1v) is 7.45. The first-order chi connectivity index (χ1) is 10.2. The third-order valence-electron chi connectivity index (χ3n) is 3.50. The molecule has 1 aliphatic heterocycles. The number of fused-ring (bicyclic) bond motifs is 1. The normalized spacial score (nSPS) is 17.2. The number of rotatable bonds is 2. The number of hydrogen-bond acceptors (Lipinski definition) is 3. The van der Waals surface area contributed by atoms with Crippen molar-refractivity contribution in [2.24, 2.45) is 0 Å². The zero-order chi connectivity index (χ0) is 14.8. The molecule has 1 atom stereocenters. The molecule has 1 heterocycles. The van der Waals surface area contributed by atoms with Crippen molar-refractivity contribution in [2.45, 2.75) is 12.5 Å². The van der Waals surface area contributed by atoms with Gasteiger partial charge in [0.05, 0.1) is 35.4 Å². The van der Waals surface area contributed by atoms with Gasteiger partial charge >= 0.3 is 0 Å². The Labute approximate surface area is 131 Å². The van der Waals surface area contributed by atoms with E-state index in [4.69, 9.17) is 4.74 Å². The minimum absolute atomic E-state index is 0.00407. The average molecular weight is 347 g/mol. The molecule has 1 amide bonds. The van der Waals surface area contributed by atoms with Crippen LogP contribution in [0, 0.1) is 0 Å². The molecule has 0 saturated heterocycles. The van der Waals surface area contributed by atoms with Gasteiger partial charge in [-0.2, -0.15) is 0 Å². The summed E-state index contributed by atoms with van der Waals surface area (Å²) in [6.07, 6.45) is 0.382. The second-order valence-electron chi connectivity index (χ2n) is 4.89. The molecule has 4 nitrogen and oxygen atoms in total. The number of carbonyl (C=O) groups excluding carboxylic acids is 1. The molecule has 2 N–H and O–H groups in total. The minimum Gasteiger partial charge on any atom is -0.496 e. The molecule has 0 saturated carbocycles. The standard InChI is InChI=1S/C16H15BrN2O2/c1-21-15-7-6-10(8-11(15)17)14-9-16(20)19-13-5-3-2-4-12(13)18-14/h2-8,14,18H,9H2,1H3,(H,19,20). The van der Waals surface area contributed by atoms with Gasteiger partial charge in [-0.25, -0.2) is 0 Å². The summed E-state index contributed by atoms with van der Waals surface area (Å²) in [6, 6.07) is 13.5. The second-order valence-corrected chi connectivity index (χ2v) is 5.74. The average Bonchev–Trinajstić information content (AvgIpc) is 2.65. The van der Waals surface area contributed by atoms with Gasteiger partial charge in [0.2, 0.25) is 5.91 Å². The van der Waals surface area contributed by atoms with Crippen LogP contribution in [0.25, 0.3) is 0 Å². The van der Waals surface area contributed by atoms with Crippen molar-refractivity contribution in [3.05, 3.63) is 52.5 Å². The molecule has 2 aromatic rings. The van der Waals surface area contributed by atoms with Crippen molar-refractivity contribution in [2.75, 3.05) is 17.7 Å². The zero-order valence-electron chi connectivity index (χ0n) is 11.5. The Balaban J connectivity index is 1.95. The first kappa shape index (κ1) is 13.9. The molecule has 108 valence electrons. The van der Waals surface area contributed by atoms with E-state index in [2.05, 4.69) is 26.6 Å². The smallest absolute Gasteiger partial charge is 0.226 e. The van der Waals surface area contributed by atoms with Gasteiger partial charge in [-0.1, -0.05) is 18.2 Å². The lowest BCUT2D eigenvalue weighted by Crippen LogP contribution is -2.15. The van der Waals surface area contributed by atoms with Crippen LogP contribution in [0.5, 0.6) is 5.75 Å². The highest BCUT2D eigenvalue weighted by atomic mass is 79.9. The van der Waals surface area contributed by atoms with Crippen LogP contribution in [0.3, 0.4) is 0 Å². The molecule has 3 rings (SSSR count). The summed E-state index contributed by atoms with van der Waals surface area (Å²) in [6.45, 7) is 0. The maximum atomic E-state index is 12.1. The van der Waals surface area contributed by atoms with Crippen molar-refractivity contribution in [3.8, 4) is 5.75 Å². The van der Waals surface area contributed by atoms with Crippen molar-refractivity contribution < 1.29 is 9.53 Å². The van der Waals surface area contributed by atoms with Crippen LogP contribution in [0.4, 0.5) is 11.4 Å². The highest BCUT2D eigenvalue weighted by Crippen LogP contribution is 2.34. The summed E-state index contributed by atoms with van der Waals surface area (Å²) >= 11 is 3.49. The van der Waals surface area contributed by atoms with Gasteiger partial charge in [0.25, 0.3) is 0 Å². The number of nitrogens with one attached hydrogen (secondary N) is 2. The lowest BCUT2D eigenvalue weighted by molar-refractivity contribution is -0.116. The van der Waals surface area contributed by atoms with E-state index in [-0.39, 0.29) is 11.9 Å². The van der Waals surface area contributed by atoms with E-state index in [1.54, 1.807) is 7.11 Å². The van der Waals surface area contributed by atoms with Crippen molar-refractivity contribution >= 4 is 33.2 Å². The van der Waals surface area contributed by atoms with Crippen LogP contribution < -0.4 is 15.4 Å². The molecule has 1 aliphatic rings. The number of benzene rings is 2. The van der Waals surface area contributed by atoms with E-state index >= 15 is 0 Å². The van der Waals surface area contributed by atoms with Gasteiger partial charge in [-0.15, -0.1) is 0 Å². The summed E-state index contributed by atoms with van der Waals surface area (Å²) in [5.41, 5.74) is 2.78. The van der Waals surface area contributed by atoms with Gasteiger partial charge in [0.15, 0.2) is 0 Å². The summed E-state index contributed by atoms with van der Waals surface area (Å²) in [5.74, 6) is 0.779. The van der Waals surface area contributed by atoms with E-state index in [1.807, 2.05) is 42.5 Å². The van der Waals surface area contributed by atoms with Gasteiger partial charge < -0.3 is 15.4 Å². The predicted molar refractivity (Wildman–Crippen MR) is 86.7 cm³/mol. The number of ether oxygens (including phenoxy) is 1. The van der Waals surface area contributed by atoms with Crippen molar-refractivity contribution in [3.63, 3.8) is 0 Å². The number of carbonyl (C=O) groups is 1. The van der Waals surface area contributed by atoms with E-state index in [0.29, 0.717) is 6.42 Å². The monoisotopic (exact) mass is 346 g/mol. The van der Waals surface area contributed by atoms with E-state index < -0.39 is 0 Å². The molecule has 0 bridgehead atoms. The number of methoxy groups -OCH3 is 1. The van der Waals surface area contributed by atoms with Crippen LogP contribution >= 0.6 is 15.9 Å². The van der Waals surface area contributed by atoms with Crippen LogP contribution in [-0.2, 0) is 4.79 Å². The predicted octanol–water partition coefficient (Wildman–Crippen LogP) is 3.95. The van der Waals surface area contributed by atoms with Crippen LogP contribution in [0.2, 0.25) is 0 Å². The molecule has 0 fully saturated rings. The van der Waals surface area contributed by atoms with E-state index in [1.165, 1.54) is 0 Å². The summed E-state index contributed by atoms with van der Waals surface area (Å²) in [4.78, 5) is 12.1. The Morgan fingerprint density at radius 2 is 1.95 bits per heavy atom. The summed E-state index contributed by atoms with van der Waals surface area (Å²) in [5, 5.41) is 6.35. The minimum atomic E-state index is -0.0733. The molecule has 21 heavy (non-hydrogen) atoms. The van der Waals surface area contributed by atoms with Crippen molar-refractivity contribution in [1.29, 1.82) is 0 Å². The molecular weight excluding hydrogens is 332 g/mol. The van der Waals surface area contributed by atoms with Gasteiger partial charge in [-0.3, -0.25) is 4.79 Å². The fourth-order valence-corrected chi connectivity index (χ4v) is 3.00. The molecule has 0 aromatic heterocycles. The Morgan fingerprint density at radius 3 is 2.67 bits per heavy atom. The third-order valence-corrected chi connectivity index (χ3v) is 4.12. The highest BCUT2D eigenvalue weighted by Gasteiger charge is 2.22. The number of halogens is 1. The molecular formula is C16H15BrN2O2. The van der Waals surface area contributed by atoms with Gasteiger partial charge in [0, 0.05) is 0 Å². The third kappa shape index (κ3) is 2.88. The topological polar surface area (TPSA) is 50.4 Å². The van der Waals surface area contributed by atoms with Crippen LogP contribution in [-0.4, -0.2) is 13.0 Å². The second kappa shape index (κ2) is 5.77. The summed E-state index contributed by atoms with van der Waals surface area (Å²) in [7, 11) is 1.63. The highest BCUT2D eigenvalue weighted by molar-refractivity contribution is 9.10. The van der Waals surface area contributed by atoms with E-state index in [0.717, 1.165) is 27.2 Å². The molecule has 5 heteroatoms. The van der Waals surface area contributed by atoms with Crippen LogP contribution in [0.15, 0.2) is 46.9 Å². The Morgan fingerprint density at radius 1 is 1.19 bits per heavy atom. The largest absolute Gasteiger partial charge is 0.496 e. The maximum absolute atomic E-state index is 12.1. The number of hydrogen-bond donors (Lipinski definition) is 2. The molecule has 0 radical (unpaired) electrons. The van der Waals surface area contributed by atoms with Gasteiger partial charge in [0.1, 0.15) is 5.75 Å². The van der Waals surface area contributed by atoms with E-state index in [9.17, 15) is 4.79 Å². The van der Waals surface area contributed by atoms with Crippen LogP contribution in [0.1, 0.15) is 18.0 Å². The SMILES string of the molecule is COc1ccc(C2CC(=O)Nc3ccccc3N2)cc1Br. The Bertz CT molecular complexity index is 688. The fraction of sp³-hybridized carbons (Fsp3) is 0.188. The first-order valence-electron chi connectivity index (χ1n) is 6.66. The Kier molecular flexibility index (Phi) is 3.84. The summed E-state index contributed by atoms with van der Waals surface area (Å²) < 4.78 is 6.12. The molecule has 2 aromatic carbocycles. The number of anilines is 2. The molecule has 1 unspecified atom stereocenters. The molecule has 0 spiro atoms. The van der Waals surface area contributed by atoms with Crippen molar-refractivity contribution in [1.82, 2.24) is 0 Å². The number of amides is 1.